The van der Waals surface area contributed by atoms with Crippen molar-refractivity contribution in [2.24, 2.45) is 7.05 Å². The van der Waals surface area contributed by atoms with Crippen LogP contribution in [-0.2, 0) is 7.05 Å². The molecule has 4 N–H and O–H groups in total. The highest BCUT2D eigenvalue weighted by molar-refractivity contribution is 6.06. The number of fused-ring (bicyclic) bond motifs is 1. The minimum atomic E-state index is -0.223. The van der Waals surface area contributed by atoms with Crippen molar-refractivity contribution in [2.45, 2.75) is 0 Å². The maximum atomic E-state index is 12.1. The van der Waals surface area contributed by atoms with Crippen LogP contribution in [0.2, 0.25) is 0 Å². The molecule has 19 heavy (non-hydrogen) atoms. The first-order chi connectivity index (χ1) is 9.15. The Morgan fingerprint density at radius 1 is 1.42 bits per heavy atom. The van der Waals surface area contributed by atoms with Crippen LogP contribution in [0.3, 0.4) is 0 Å². The molecule has 0 saturated carbocycles. The molecule has 6 nitrogen and oxygen atoms in total. The van der Waals surface area contributed by atoms with Gasteiger partial charge in [0.25, 0.3) is 5.91 Å². The first-order valence-electron chi connectivity index (χ1n) is 5.82. The van der Waals surface area contributed by atoms with Crippen LogP contribution in [0.25, 0.3) is 10.9 Å². The summed E-state index contributed by atoms with van der Waals surface area (Å²) in [6.07, 6.45) is 1.62. The van der Waals surface area contributed by atoms with Crippen molar-refractivity contribution in [1.82, 2.24) is 14.8 Å². The summed E-state index contributed by atoms with van der Waals surface area (Å²) in [4.78, 5) is 15.1. The predicted octanol–water partition coefficient (Wildman–Crippen LogP) is 1.74. The zero-order valence-electron chi connectivity index (χ0n) is 10.3. The Morgan fingerprint density at radius 2 is 2.26 bits per heavy atom. The van der Waals surface area contributed by atoms with Gasteiger partial charge in [0.2, 0.25) is 0 Å². The van der Waals surface area contributed by atoms with Gasteiger partial charge in [-0.05, 0) is 12.1 Å². The number of benzene rings is 1. The van der Waals surface area contributed by atoms with Crippen molar-refractivity contribution < 1.29 is 4.79 Å². The highest BCUT2D eigenvalue weighted by Crippen LogP contribution is 2.21. The molecule has 0 aliphatic carbocycles. The molecule has 2 aromatic heterocycles. The summed E-state index contributed by atoms with van der Waals surface area (Å²) in [6.45, 7) is 0. The van der Waals surface area contributed by atoms with E-state index < -0.39 is 0 Å². The van der Waals surface area contributed by atoms with Crippen molar-refractivity contribution in [3.8, 4) is 0 Å². The third-order valence-electron chi connectivity index (χ3n) is 3.00. The number of nitrogens with zero attached hydrogens (tertiary/aromatic N) is 2. The van der Waals surface area contributed by atoms with E-state index in [-0.39, 0.29) is 5.91 Å². The SMILES string of the molecule is Cn1nccc1NC(=O)c1cc2cccc(N)c2[nH]1. The maximum Gasteiger partial charge on any atom is 0.273 e. The Labute approximate surface area is 109 Å². The lowest BCUT2D eigenvalue weighted by molar-refractivity contribution is 0.102. The molecular formula is C13H13N5O. The van der Waals surface area contributed by atoms with E-state index in [0.29, 0.717) is 17.2 Å². The predicted molar refractivity (Wildman–Crippen MR) is 73.9 cm³/mol. The molecule has 0 saturated heterocycles. The normalized spacial score (nSPS) is 10.8. The van der Waals surface area contributed by atoms with Crippen LogP contribution < -0.4 is 11.1 Å². The maximum absolute atomic E-state index is 12.1. The fourth-order valence-corrected chi connectivity index (χ4v) is 1.98. The second kappa shape index (κ2) is 4.16. The Kier molecular flexibility index (Phi) is 2.49. The number of aromatic amines is 1. The molecule has 1 amide bonds. The van der Waals surface area contributed by atoms with E-state index >= 15 is 0 Å². The number of aromatic nitrogens is 3. The number of carbonyl (C=O) groups excluding carboxylic acids is 1. The summed E-state index contributed by atoms with van der Waals surface area (Å²) < 4.78 is 1.59. The van der Waals surface area contributed by atoms with Crippen LogP contribution in [0, 0.1) is 0 Å². The number of nitrogens with one attached hydrogen (secondary N) is 2. The molecule has 3 rings (SSSR count). The first kappa shape index (κ1) is 11.3. The van der Waals surface area contributed by atoms with Gasteiger partial charge < -0.3 is 16.0 Å². The molecule has 1 aromatic carbocycles. The molecule has 0 atom stereocenters. The fourth-order valence-electron chi connectivity index (χ4n) is 1.98. The van der Waals surface area contributed by atoms with Gasteiger partial charge in [0.1, 0.15) is 11.5 Å². The monoisotopic (exact) mass is 255 g/mol. The van der Waals surface area contributed by atoms with E-state index in [9.17, 15) is 4.79 Å². The number of aryl methyl sites for hydroxylation is 1. The molecule has 0 radical (unpaired) electrons. The van der Waals surface area contributed by atoms with Gasteiger partial charge in [0.15, 0.2) is 0 Å². The van der Waals surface area contributed by atoms with Crippen LogP contribution in [0.15, 0.2) is 36.5 Å². The first-order valence-corrected chi connectivity index (χ1v) is 5.82. The van der Waals surface area contributed by atoms with Crippen molar-refractivity contribution in [3.05, 3.63) is 42.2 Å². The van der Waals surface area contributed by atoms with Crippen molar-refractivity contribution in [3.63, 3.8) is 0 Å². The number of carbonyl (C=O) groups is 1. The third kappa shape index (κ3) is 1.93. The minimum Gasteiger partial charge on any atom is -0.397 e. The topological polar surface area (TPSA) is 88.7 Å². The largest absolute Gasteiger partial charge is 0.397 e. The number of amides is 1. The van der Waals surface area contributed by atoms with Crippen molar-refractivity contribution in [2.75, 3.05) is 11.1 Å². The quantitative estimate of drug-likeness (QED) is 0.609. The Morgan fingerprint density at radius 3 is 2.95 bits per heavy atom. The molecule has 0 aliphatic rings. The smallest absolute Gasteiger partial charge is 0.273 e. The van der Waals surface area contributed by atoms with Crippen molar-refractivity contribution >= 4 is 28.3 Å². The van der Waals surface area contributed by atoms with Crippen LogP contribution in [0.4, 0.5) is 11.5 Å². The number of hydrogen-bond acceptors (Lipinski definition) is 3. The molecule has 0 bridgehead atoms. The van der Waals surface area contributed by atoms with Crippen LogP contribution >= 0.6 is 0 Å². The average molecular weight is 255 g/mol. The lowest BCUT2D eigenvalue weighted by Gasteiger charge is -2.03. The molecule has 0 aliphatic heterocycles. The summed E-state index contributed by atoms with van der Waals surface area (Å²) >= 11 is 0. The fraction of sp³-hybridized carbons (Fsp3) is 0.0769. The van der Waals surface area contributed by atoms with Gasteiger partial charge >= 0.3 is 0 Å². The zero-order valence-corrected chi connectivity index (χ0v) is 10.3. The van der Waals surface area contributed by atoms with E-state index in [0.717, 1.165) is 10.9 Å². The van der Waals surface area contributed by atoms with Gasteiger partial charge in [-0.1, -0.05) is 12.1 Å². The second-order valence-corrected chi connectivity index (χ2v) is 4.29. The van der Waals surface area contributed by atoms with Gasteiger partial charge in [-0.15, -0.1) is 0 Å². The highest BCUT2D eigenvalue weighted by atomic mass is 16.2. The number of anilines is 2. The zero-order chi connectivity index (χ0) is 13.4. The number of nitrogen functional groups attached to an aromatic ring is 1. The molecule has 0 spiro atoms. The number of para-hydroxylation sites is 1. The summed E-state index contributed by atoms with van der Waals surface area (Å²) in [5.74, 6) is 0.413. The van der Waals surface area contributed by atoms with E-state index in [1.54, 1.807) is 36.1 Å². The van der Waals surface area contributed by atoms with Gasteiger partial charge in [-0.2, -0.15) is 5.10 Å². The Hall–Kier alpha value is -2.76. The lowest BCUT2D eigenvalue weighted by Crippen LogP contribution is -2.14. The summed E-state index contributed by atoms with van der Waals surface area (Å²) in [5.41, 5.74) is 7.72. The van der Waals surface area contributed by atoms with Crippen LogP contribution in [-0.4, -0.2) is 20.7 Å². The molecule has 0 fully saturated rings. The number of rotatable bonds is 2. The summed E-state index contributed by atoms with van der Waals surface area (Å²) in [7, 11) is 1.76. The number of nitrogens with two attached hydrogens (primary N) is 1. The molecule has 0 unspecified atom stereocenters. The van der Waals surface area contributed by atoms with Crippen LogP contribution in [0.5, 0.6) is 0 Å². The second-order valence-electron chi connectivity index (χ2n) is 4.29. The van der Waals surface area contributed by atoms with Gasteiger partial charge in [0, 0.05) is 18.5 Å². The van der Waals surface area contributed by atoms with E-state index in [1.807, 2.05) is 12.1 Å². The molecule has 3 aromatic rings. The van der Waals surface area contributed by atoms with Crippen molar-refractivity contribution in [1.29, 1.82) is 0 Å². The number of H-pyrrole nitrogens is 1. The summed E-state index contributed by atoms with van der Waals surface area (Å²) in [5, 5.41) is 7.68. The van der Waals surface area contributed by atoms with Gasteiger partial charge in [-0.25, -0.2) is 0 Å². The molecule has 2 heterocycles. The van der Waals surface area contributed by atoms with Crippen LogP contribution in [0.1, 0.15) is 10.5 Å². The molecule has 96 valence electrons. The molecular weight excluding hydrogens is 242 g/mol. The standard InChI is InChI=1S/C13H13N5O/c1-18-11(5-6-15-18)17-13(19)10-7-8-3-2-4-9(14)12(8)16-10/h2-7,16H,14H2,1H3,(H,17,19). The highest BCUT2D eigenvalue weighted by Gasteiger charge is 2.12. The van der Waals surface area contributed by atoms with E-state index in [4.69, 9.17) is 5.73 Å². The minimum absolute atomic E-state index is 0.223. The Balaban J connectivity index is 1.94. The average Bonchev–Trinajstić information content (AvgIpc) is 2.97. The van der Waals surface area contributed by atoms with E-state index in [1.165, 1.54) is 0 Å². The lowest BCUT2D eigenvalue weighted by atomic mass is 10.2. The van der Waals surface area contributed by atoms with Gasteiger partial charge in [0.05, 0.1) is 17.4 Å². The van der Waals surface area contributed by atoms with E-state index in [2.05, 4.69) is 15.4 Å². The number of hydrogen-bond donors (Lipinski definition) is 3. The summed E-state index contributed by atoms with van der Waals surface area (Å²) in [6, 6.07) is 9.06. The third-order valence-corrected chi connectivity index (χ3v) is 3.00. The Bertz CT molecular complexity index is 755. The van der Waals surface area contributed by atoms with Gasteiger partial charge in [-0.3, -0.25) is 9.48 Å². The molecule has 6 heteroatoms.